The summed E-state index contributed by atoms with van der Waals surface area (Å²) in [5, 5.41) is 0. The summed E-state index contributed by atoms with van der Waals surface area (Å²) < 4.78 is 5.03. The maximum atomic E-state index is 5.03. The van der Waals surface area contributed by atoms with Gasteiger partial charge in [-0.05, 0) is 12.1 Å². The van der Waals surface area contributed by atoms with Crippen molar-refractivity contribution in [2.75, 3.05) is 7.11 Å². The van der Waals surface area contributed by atoms with Gasteiger partial charge >= 0.3 is 0 Å². The molecule has 1 heteroatoms. The molecule has 1 aromatic rings. The first kappa shape index (κ1) is 7.13. The van der Waals surface area contributed by atoms with Crippen molar-refractivity contribution >= 4 is 0 Å². The first-order valence-corrected chi connectivity index (χ1v) is 3.29. The van der Waals surface area contributed by atoms with Crippen LogP contribution in [0, 0.1) is 6.92 Å². The van der Waals surface area contributed by atoms with Gasteiger partial charge in [0.15, 0.2) is 0 Å². The van der Waals surface area contributed by atoms with Crippen LogP contribution in [0.4, 0.5) is 0 Å². The summed E-state index contributed by atoms with van der Waals surface area (Å²) in [5.74, 6) is 0.904. The van der Waals surface area contributed by atoms with Gasteiger partial charge in [0.05, 0.1) is 7.11 Å². The Morgan fingerprint density at radius 1 is 1.50 bits per heavy atom. The van der Waals surface area contributed by atoms with Crippen molar-refractivity contribution < 1.29 is 4.74 Å². The Hall–Kier alpha value is -0.980. The van der Waals surface area contributed by atoms with Gasteiger partial charge in [-0.3, -0.25) is 0 Å². The minimum atomic E-state index is 0.817. The molecule has 54 valence electrons. The van der Waals surface area contributed by atoms with E-state index >= 15 is 0 Å². The summed E-state index contributed by atoms with van der Waals surface area (Å²) >= 11 is 0. The van der Waals surface area contributed by atoms with Crippen molar-refractivity contribution in [2.24, 2.45) is 0 Å². The Bertz CT molecular complexity index is 186. The smallest absolute Gasteiger partial charge is 0.119 e. The molecule has 0 spiro atoms. The zero-order valence-corrected chi connectivity index (χ0v) is 6.13. The van der Waals surface area contributed by atoms with Gasteiger partial charge < -0.3 is 11.7 Å². The highest BCUT2D eigenvalue weighted by Gasteiger charge is 1.88. The van der Waals surface area contributed by atoms with Crippen molar-refractivity contribution in [3.8, 4) is 5.75 Å². The predicted molar refractivity (Wildman–Crippen MR) is 42.1 cm³/mol. The van der Waals surface area contributed by atoms with Crippen molar-refractivity contribution in [1.29, 1.82) is 0 Å². The van der Waals surface area contributed by atoms with Crippen LogP contribution >= 0.6 is 0 Å². The largest absolute Gasteiger partial charge is 0.497 e. The Balaban J connectivity index is 2.87. The predicted octanol–water partition coefficient (Wildman–Crippen LogP) is 2.07. The van der Waals surface area contributed by atoms with Crippen LogP contribution in [0.15, 0.2) is 24.3 Å². The van der Waals surface area contributed by atoms with E-state index in [9.17, 15) is 0 Å². The Morgan fingerprint density at radius 2 is 2.30 bits per heavy atom. The third kappa shape index (κ3) is 1.50. The van der Waals surface area contributed by atoms with Gasteiger partial charge in [-0.15, -0.1) is 0 Å². The van der Waals surface area contributed by atoms with Gasteiger partial charge in [-0.2, -0.15) is 6.42 Å². The molecule has 0 radical (unpaired) electrons. The first-order valence-electron chi connectivity index (χ1n) is 3.29. The molecule has 0 amide bonds. The van der Waals surface area contributed by atoms with Crippen molar-refractivity contribution in [1.82, 2.24) is 0 Å². The summed E-state index contributed by atoms with van der Waals surface area (Å²) in [6, 6.07) is 7.93. The topological polar surface area (TPSA) is 9.23 Å². The maximum absolute atomic E-state index is 5.03. The highest BCUT2D eigenvalue weighted by Crippen LogP contribution is 2.11. The summed E-state index contributed by atoms with van der Waals surface area (Å²) in [6.07, 6.45) is 0.817. The number of rotatable bonds is 2. The molecule has 1 nitrogen and oxygen atoms in total. The summed E-state index contributed by atoms with van der Waals surface area (Å²) in [5.41, 5.74) is 1.21. The molecule has 0 aliphatic carbocycles. The molecule has 0 aromatic heterocycles. The lowest BCUT2D eigenvalue weighted by Gasteiger charge is -2.02. The standard InChI is InChI=1S/C9H11O/c1-3-8-5-4-6-9(7-8)10-2/h4-7H,1,3H2,2H3/q-1. The van der Waals surface area contributed by atoms with Crippen LogP contribution in [0.1, 0.15) is 5.56 Å². The second-order valence-electron chi connectivity index (χ2n) is 2.10. The molecule has 1 aromatic carbocycles. The molecule has 0 aliphatic heterocycles. The van der Waals surface area contributed by atoms with Gasteiger partial charge in [0.2, 0.25) is 0 Å². The molecule has 0 saturated carbocycles. The van der Waals surface area contributed by atoms with Crippen LogP contribution in [0.25, 0.3) is 0 Å². The van der Waals surface area contributed by atoms with E-state index in [2.05, 4.69) is 6.92 Å². The number of benzene rings is 1. The molecule has 0 bridgehead atoms. The van der Waals surface area contributed by atoms with Gasteiger partial charge in [-0.1, -0.05) is 17.7 Å². The van der Waals surface area contributed by atoms with Gasteiger partial charge in [0, 0.05) is 0 Å². The van der Waals surface area contributed by atoms with Crippen LogP contribution in [0.5, 0.6) is 5.75 Å². The number of hydrogen-bond acceptors (Lipinski definition) is 1. The van der Waals surface area contributed by atoms with E-state index in [4.69, 9.17) is 4.74 Å². The summed E-state index contributed by atoms with van der Waals surface area (Å²) in [6.45, 7) is 3.78. The lowest BCUT2D eigenvalue weighted by molar-refractivity contribution is 0.414. The Kier molecular flexibility index (Phi) is 2.32. The zero-order valence-electron chi connectivity index (χ0n) is 6.13. The maximum Gasteiger partial charge on any atom is 0.119 e. The highest BCUT2D eigenvalue weighted by molar-refractivity contribution is 5.28. The molecule has 0 aliphatic rings. The lowest BCUT2D eigenvalue weighted by atomic mass is 10.2. The van der Waals surface area contributed by atoms with E-state index in [1.54, 1.807) is 7.11 Å². The zero-order chi connectivity index (χ0) is 7.40. The molecule has 0 saturated heterocycles. The van der Waals surface area contributed by atoms with Gasteiger partial charge in [0.25, 0.3) is 0 Å². The number of ether oxygens (including phenoxy) is 1. The molecular formula is C9H11O-. The van der Waals surface area contributed by atoms with E-state index in [0.717, 1.165) is 12.2 Å². The Morgan fingerprint density at radius 3 is 2.90 bits per heavy atom. The normalized spacial score (nSPS) is 9.40. The van der Waals surface area contributed by atoms with Gasteiger partial charge in [0.1, 0.15) is 5.75 Å². The molecule has 0 atom stereocenters. The third-order valence-corrected chi connectivity index (χ3v) is 1.42. The number of methoxy groups -OCH3 is 1. The van der Waals surface area contributed by atoms with E-state index < -0.39 is 0 Å². The minimum Gasteiger partial charge on any atom is -0.497 e. The van der Waals surface area contributed by atoms with E-state index in [1.165, 1.54) is 5.56 Å². The highest BCUT2D eigenvalue weighted by atomic mass is 16.5. The van der Waals surface area contributed by atoms with Crippen LogP contribution in [0.3, 0.4) is 0 Å². The second kappa shape index (κ2) is 3.25. The quantitative estimate of drug-likeness (QED) is 0.564. The average molecular weight is 135 g/mol. The SMILES string of the molecule is [CH2-]Cc1cccc(OC)c1. The molecular weight excluding hydrogens is 124 g/mol. The van der Waals surface area contributed by atoms with Crippen LogP contribution in [-0.4, -0.2) is 7.11 Å². The molecule has 1 rings (SSSR count). The lowest BCUT2D eigenvalue weighted by Crippen LogP contribution is -1.84. The van der Waals surface area contributed by atoms with Gasteiger partial charge in [-0.25, -0.2) is 0 Å². The van der Waals surface area contributed by atoms with Crippen molar-refractivity contribution in [3.63, 3.8) is 0 Å². The first-order chi connectivity index (χ1) is 4.86. The van der Waals surface area contributed by atoms with E-state index in [-0.39, 0.29) is 0 Å². The third-order valence-electron chi connectivity index (χ3n) is 1.42. The summed E-state index contributed by atoms with van der Waals surface area (Å²) in [7, 11) is 1.67. The molecule has 0 heterocycles. The number of hydrogen-bond donors (Lipinski definition) is 0. The van der Waals surface area contributed by atoms with Crippen LogP contribution in [0.2, 0.25) is 0 Å². The molecule has 10 heavy (non-hydrogen) atoms. The second-order valence-corrected chi connectivity index (χ2v) is 2.10. The van der Waals surface area contributed by atoms with E-state index in [0.29, 0.717) is 0 Å². The Labute approximate surface area is 61.6 Å². The fourth-order valence-corrected chi connectivity index (χ4v) is 0.828. The average Bonchev–Trinajstić information content (AvgIpc) is 2.05. The van der Waals surface area contributed by atoms with E-state index in [1.807, 2.05) is 24.3 Å². The van der Waals surface area contributed by atoms with Crippen LogP contribution < -0.4 is 4.74 Å². The van der Waals surface area contributed by atoms with Crippen molar-refractivity contribution in [3.05, 3.63) is 36.8 Å². The fourth-order valence-electron chi connectivity index (χ4n) is 0.828. The molecule has 0 fully saturated rings. The monoisotopic (exact) mass is 135 g/mol. The van der Waals surface area contributed by atoms with Crippen molar-refractivity contribution in [2.45, 2.75) is 6.42 Å². The fraction of sp³-hybridized carbons (Fsp3) is 0.222. The summed E-state index contributed by atoms with van der Waals surface area (Å²) in [4.78, 5) is 0. The molecule has 0 unspecified atom stereocenters. The minimum absolute atomic E-state index is 0.817. The molecule has 0 N–H and O–H groups in total. The van der Waals surface area contributed by atoms with Crippen LogP contribution in [-0.2, 0) is 6.42 Å².